The van der Waals surface area contributed by atoms with Gasteiger partial charge in [-0.25, -0.2) is 4.98 Å². The van der Waals surface area contributed by atoms with Crippen molar-refractivity contribution in [1.82, 2.24) is 4.98 Å². The molecule has 0 radical (unpaired) electrons. The highest BCUT2D eigenvalue weighted by Gasteiger charge is 2.10. The van der Waals surface area contributed by atoms with Crippen LogP contribution in [-0.2, 0) is 0 Å². The lowest BCUT2D eigenvalue weighted by atomic mass is 10.0. The predicted molar refractivity (Wildman–Crippen MR) is 88.8 cm³/mol. The van der Waals surface area contributed by atoms with Gasteiger partial charge in [0.2, 0.25) is 0 Å². The summed E-state index contributed by atoms with van der Waals surface area (Å²) in [6.07, 6.45) is 0. The van der Waals surface area contributed by atoms with E-state index in [0.717, 1.165) is 26.6 Å². The van der Waals surface area contributed by atoms with Crippen molar-refractivity contribution in [3.05, 3.63) is 76.3 Å². The quantitative estimate of drug-likeness (QED) is 0.517. The maximum absolute atomic E-state index is 12.4. The molecule has 2 nitrogen and oxygen atoms in total. The number of aromatic nitrogens is 1. The van der Waals surface area contributed by atoms with Gasteiger partial charge in [0.05, 0.1) is 10.2 Å². The molecule has 0 aliphatic heterocycles. The minimum Gasteiger partial charge on any atom is -0.275 e. The number of benzene rings is 3. The lowest BCUT2D eigenvalue weighted by Gasteiger charge is -2.06. The lowest BCUT2D eigenvalue weighted by Crippen LogP contribution is -2.03. The van der Waals surface area contributed by atoms with Gasteiger partial charge in [0.15, 0.2) is 0 Å². The third-order valence-electron chi connectivity index (χ3n) is 3.54. The van der Waals surface area contributed by atoms with E-state index in [0.29, 0.717) is 5.69 Å². The zero-order valence-electron chi connectivity index (χ0n) is 11.1. The molecule has 0 fully saturated rings. The fourth-order valence-corrected chi connectivity index (χ4v) is 3.37. The van der Waals surface area contributed by atoms with Gasteiger partial charge in [-0.05, 0) is 22.9 Å². The van der Waals surface area contributed by atoms with Gasteiger partial charge in [0, 0.05) is 5.56 Å². The van der Waals surface area contributed by atoms with Crippen molar-refractivity contribution >= 4 is 32.3 Å². The first-order valence-electron chi connectivity index (χ1n) is 6.71. The van der Waals surface area contributed by atoms with Crippen molar-refractivity contribution in [2.24, 2.45) is 0 Å². The normalized spacial score (nSPS) is 11.0. The molecule has 21 heavy (non-hydrogen) atoms. The van der Waals surface area contributed by atoms with Crippen LogP contribution in [0.2, 0.25) is 0 Å². The average molecular weight is 289 g/mol. The van der Waals surface area contributed by atoms with Crippen molar-refractivity contribution < 1.29 is 0 Å². The first-order chi connectivity index (χ1) is 10.3. The second-order valence-corrected chi connectivity index (χ2v) is 5.86. The van der Waals surface area contributed by atoms with Crippen LogP contribution >= 0.6 is 11.3 Å². The number of rotatable bonds is 1. The van der Waals surface area contributed by atoms with E-state index < -0.39 is 0 Å². The van der Waals surface area contributed by atoms with E-state index in [1.54, 1.807) is 0 Å². The van der Waals surface area contributed by atoms with Gasteiger partial charge in [-0.3, -0.25) is 4.79 Å². The van der Waals surface area contributed by atoms with E-state index in [1.165, 1.54) is 11.3 Å². The molecule has 0 unspecified atom stereocenters. The van der Waals surface area contributed by atoms with Crippen molar-refractivity contribution in [2.75, 3.05) is 0 Å². The highest BCUT2D eigenvalue weighted by molar-refractivity contribution is 7.16. The fourth-order valence-electron chi connectivity index (χ4n) is 2.55. The third-order valence-corrected chi connectivity index (χ3v) is 4.48. The van der Waals surface area contributed by atoms with Gasteiger partial charge in [-0.1, -0.05) is 65.9 Å². The second kappa shape index (κ2) is 4.79. The summed E-state index contributed by atoms with van der Waals surface area (Å²) in [5.74, 6) is 0. The Hall–Kier alpha value is -2.52. The number of hydrogen-bond donors (Lipinski definition) is 0. The number of nitrogens with zero attached hydrogens (tertiary/aromatic N) is 1. The molecule has 3 aromatic carbocycles. The predicted octanol–water partition coefficient (Wildman–Crippen LogP) is 4.48. The van der Waals surface area contributed by atoms with E-state index in [9.17, 15) is 4.79 Å². The summed E-state index contributed by atoms with van der Waals surface area (Å²) in [6.45, 7) is 0. The summed E-state index contributed by atoms with van der Waals surface area (Å²) >= 11 is 1.25. The van der Waals surface area contributed by atoms with E-state index in [4.69, 9.17) is 0 Å². The molecule has 0 saturated carbocycles. The highest BCUT2D eigenvalue weighted by Crippen LogP contribution is 2.27. The zero-order chi connectivity index (χ0) is 14.2. The number of fused-ring (bicyclic) bond motifs is 2. The van der Waals surface area contributed by atoms with E-state index in [2.05, 4.69) is 4.98 Å². The van der Waals surface area contributed by atoms with E-state index in [-0.39, 0.29) is 4.74 Å². The summed E-state index contributed by atoms with van der Waals surface area (Å²) in [6, 6.07) is 21.8. The van der Waals surface area contributed by atoms with Gasteiger partial charge < -0.3 is 0 Å². The standard InChI is InChI=1S/C18H11NOS/c20-18-17(19-15-10-3-4-11-16(15)21-18)14-9-5-7-12-6-1-2-8-13(12)14/h1-11H. The molecule has 0 aliphatic rings. The van der Waals surface area contributed by atoms with Crippen LogP contribution in [0.25, 0.3) is 32.2 Å². The van der Waals surface area contributed by atoms with Crippen molar-refractivity contribution in [1.29, 1.82) is 0 Å². The maximum atomic E-state index is 12.4. The Bertz CT molecular complexity index is 1010. The number of para-hydroxylation sites is 1. The Kier molecular flexibility index (Phi) is 2.79. The molecular formula is C18H11NOS. The summed E-state index contributed by atoms with van der Waals surface area (Å²) in [5, 5.41) is 2.18. The van der Waals surface area contributed by atoms with Crippen LogP contribution in [0.15, 0.2) is 71.5 Å². The lowest BCUT2D eigenvalue weighted by molar-refractivity contribution is 1.41. The van der Waals surface area contributed by atoms with Crippen LogP contribution in [0.3, 0.4) is 0 Å². The smallest absolute Gasteiger partial charge is 0.259 e. The van der Waals surface area contributed by atoms with Crippen LogP contribution in [-0.4, -0.2) is 4.98 Å². The SMILES string of the molecule is O=c1sc2ccccc2nc1-c1cccc2ccccc12. The molecule has 0 atom stereocenters. The van der Waals surface area contributed by atoms with E-state index >= 15 is 0 Å². The second-order valence-electron chi connectivity index (χ2n) is 4.84. The molecule has 4 aromatic rings. The van der Waals surface area contributed by atoms with Crippen LogP contribution in [0.1, 0.15) is 0 Å². The largest absolute Gasteiger partial charge is 0.275 e. The maximum Gasteiger partial charge on any atom is 0.259 e. The molecule has 0 N–H and O–H groups in total. The van der Waals surface area contributed by atoms with Gasteiger partial charge in [-0.15, -0.1) is 0 Å². The van der Waals surface area contributed by atoms with Crippen LogP contribution in [0.5, 0.6) is 0 Å². The van der Waals surface area contributed by atoms with Gasteiger partial charge in [-0.2, -0.15) is 0 Å². The first kappa shape index (κ1) is 12.2. The molecule has 1 heterocycles. The first-order valence-corrected chi connectivity index (χ1v) is 7.52. The Morgan fingerprint density at radius 3 is 2.52 bits per heavy atom. The topological polar surface area (TPSA) is 30.0 Å². The molecule has 3 heteroatoms. The summed E-state index contributed by atoms with van der Waals surface area (Å²) < 4.78 is 0.927. The van der Waals surface area contributed by atoms with Crippen molar-refractivity contribution in [2.45, 2.75) is 0 Å². The summed E-state index contributed by atoms with van der Waals surface area (Å²) in [7, 11) is 0. The monoisotopic (exact) mass is 289 g/mol. The molecule has 1 aromatic heterocycles. The third kappa shape index (κ3) is 2.03. The Labute approximate surface area is 125 Å². The van der Waals surface area contributed by atoms with Gasteiger partial charge in [0.25, 0.3) is 4.74 Å². The molecule has 0 aliphatic carbocycles. The summed E-state index contributed by atoms with van der Waals surface area (Å²) in [4.78, 5) is 17.0. The average Bonchev–Trinajstić information content (AvgIpc) is 2.54. The number of hydrogen-bond acceptors (Lipinski definition) is 3. The molecule has 0 bridgehead atoms. The molecule has 0 amide bonds. The van der Waals surface area contributed by atoms with E-state index in [1.807, 2.05) is 66.7 Å². The summed E-state index contributed by atoms with van der Waals surface area (Å²) in [5.41, 5.74) is 2.31. The molecule has 0 spiro atoms. The van der Waals surface area contributed by atoms with Gasteiger partial charge in [0.1, 0.15) is 5.69 Å². The molecule has 4 rings (SSSR count). The molecule has 0 saturated heterocycles. The fraction of sp³-hybridized carbons (Fsp3) is 0. The Morgan fingerprint density at radius 1 is 0.810 bits per heavy atom. The van der Waals surface area contributed by atoms with Gasteiger partial charge >= 0.3 is 0 Å². The Balaban J connectivity index is 2.09. The van der Waals surface area contributed by atoms with Crippen LogP contribution in [0, 0.1) is 0 Å². The molecular weight excluding hydrogens is 278 g/mol. The Morgan fingerprint density at radius 2 is 1.57 bits per heavy atom. The zero-order valence-corrected chi connectivity index (χ0v) is 11.9. The minimum absolute atomic E-state index is 0.00468. The minimum atomic E-state index is 0.00468. The van der Waals surface area contributed by atoms with Crippen LogP contribution < -0.4 is 4.74 Å². The molecule has 100 valence electrons. The highest BCUT2D eigenvalue weighted by atomic mass is 32.1. The van der Waals surface area contributed by atoms with Crippen molar-refractivity contribution in [3.63, 3.8) is 0 Å². The van der Waals surface area contributed by atoms with Crippen LogP contribution in [0.4, 0.5) is 0 Å². The van der Waals surface area contributed by atoms with Crippen molar-refractivity contribution in [3.8, 4) is 11.3 Å².